The molecule has 118 valence electrons. The van der Waals surface area contributed by atoms with E-state index in [9.17, 15) is 8.42 Å². The van der Waals surface area contributed by atoms with Crippen LogP contribution in [0.1, 0.15) is 37.3 Å². The molecule has 0 fully saturated rings. The van der Waals surface area contributed by atoms with Crippen LogP contribution in [0.4, 0.5) is 5.69 Å². The molecule has 22 heavy (non-hydrogen) atoms. The first kappa shape index (κ1) is 16.8. The van der Waals surface area contributed by atoms with E-state index in [0.717, 1.165) is 12.0 Å². The molecule has 3 nitrogen and oxygen atoms in total. The summed E-state index contributed by atoms with van der Waals surface area (Å²) in [7, 11) is -3.61. The third-order valence-corrected chi connectivity index (χ3v) is 5.67. The number of nitrogens with one attached hydrogen (secondary N) is 1. The summed E-state index contributed by atoms with van der Waals surface area (Å²) in [6, 6.07) is 12.2. The Bertz CT molecular complexity index is 755. The summed E-state index contributed by atoms with van der Waals surface area (Å²) < 4.78 is 27.5. The first-order chi connectivity index (χ1) is 10.3. The van der Waals surface area contributed by atoms with E-state index >= 15 is 0 Å². The van der Waals surface area contributed by atoms with Crippen LogP contribution >= 0.6 is 11.6 Å². The van der Waals surface area contributed by atoms with Gasteiger partial charge in [0.2, 0.25) is 0 Å². The number of hydrogen-bond acceptors (Lipinski definition) is 2. The highest BCUT2D eigenvalue weighted by atomic mass is 35.5. The fourth-order valence-corrected chi connectivity index (χ4v) is 3.43. The molecule has 0 saturated heterocycles. The van der Waals surface area contributed by atoms with Crippen molar-refractivity contribution in [1.82, 2.24) is 0 Å². The molecule has 2 aromatic carbocycles. The predicted octanol–water partition coefficient (Wildman–Crippen LogP) is 4.96. The average Bonchev–Trinajstić information content (AvgIpc) is 2.51. The predicted molar refractivity (Wildman–Crippen MR) is 92.1 cm³/mol. The number of sulfonamides is 1. The maximum atomic E-state index is 12.5. The maximum absolute atomic E-state index is 12.5. The van der Waals surface area contributed by atoms with Gasteiger partial charge in [-0.15, -0.1) is 0 Å². The van der Waals surface area contributed by atoms with E-state index in [1.807, 2.05) is 12.1 Å². The fourth-order valence-electron chi connectivity index (χ4n) is 2.13. The van der Waals surface area contributed by atoms with E-state index in [0.29, 0.717) is 22.2 Å². The summed E-state index contributed by atoms with van der Waals surface area (Å²) in [6.07, 6.45) is 1.02. The second-order valence-corrected chi connectivity index (χ2v) is 7.49. The number of rotatable bonds is 5. The molecule has 0 spiro atoms. The highest BCUT2D eigenvalue weighted by Crippen LogP contribution is 2.26. The van der Waals surface area contributed by atoms with Crippen molar-refractivity contribution in [2.75, 3.05) is 4.72 Å². The van der Waals surface area contributed by atoms with Gasteiger partial charge < -0.3 is 0 Å². The van der Waals surface area contributed by atoms with Crippen molar-refractivity contribution in [3.63, 3.8) is 0 Å². The van der Waals surface area contributed by atoms with Gasteiger partial charge in [-0.1, -0.05) is 43.6 Å². The molecule has 1 unspecified atom stereocenters. The molecule has 2 rings (SSSR count). The Labute approximate surface area is 137 Å². The van der Waals surface area contributed by atoms with Crippen LogP contribution in [0, 0.1) is 6.92 Å². The summed E-state index contributed by atoms with van der Waals surface area (Å²) in [5.74, 6) is 0.417. The monoisotopic (exact) mass is 337 g/mol. The molecule has 0 aliphatic heterocycles. The van der Waals surface area contributed by atoms with Crippen LogP contribution < -0.4 is 4.72 Å². The minimum absolute atomic E-state index is 0.249. The van der Waals surface area contributed by atoms with Crippen LogP contribution in [0.5, 0.6) is 0 Å². The van der Waals surface area contributed by atoms with Crippen molar-refractivity contribution >= 4 is 27.3 Å². The molecule has 0 aliphatic carbocycles. The lowest BCUT2D eigenvalue weighted by Crippen LogP contribution is -2.14. The van der Waals surface area contributed by atoms with Crippen molar-refractivity contribution in [2.45, 2.75) is 38.0 Å². The SMILES string of the molecule is CCC(C)c1ccc(S(=O)(=O)Nc2cccc(Cl)c2C)cc1. The molecular formula is C17H20ClNO2S. The third-order valence-electron chi connectivity index (χ3n) is 3.88. The van der Waals surface area contributed by atoms with Crippen molar-refractivity contribution in [1.29, 1.82) is 0 Å². The summed E-state index contributed by atoms with van der Waals surface area (Å²) in [4.78, 5) is 0.249. The van der Waals surface area contributed by atoms with Crippen LogP contribution in [0.2, 0.25) is 5.02 Å². The second-order valence-electron chi connectivity index (χ2n) is 5.40. The van der Waals surface area contributed by atoms with Gasteiger partial charge in [0.1, 0.15) is 0 Å². The minimum atomic E-state index is -3.61. The lowest BCUT2D eigenvalue weighted by Gasteiger charge is -2.13. The number of halogens is 1. The Kier molecular flexibility index (Phi) is 5.14. The molecule has 0 aromatic heterocycles. The lowest BCUT2D eigenvalue weighted by atomic mass is 9.99. The van der Waals surface area contributed by atoms with E-state index < -0.39 is 10.0 Å². The molecule has 1 atom stereocenters. The summed E-state index contributed by atoms with van der Waals surface area (Å²) >= 11 is 6.03. The number of benzene rings is 2. The Morgan fingerprint density at radius 3 is 2.36 bits per heavy atom. The van der Waals surface area contributed by atoms with Crippen LogP contribution in [-0.2, 0) is 10.0 Å². The highest BCUT2D eigenvalue weighted by molar-refractivity contribution is 7.92. The van der Waals surface area contributed by atoms with Crippen molar-refractivity contribution in [2.24, 2.45) is 0 Å². The zero-order chi connectivity index (χ0) is 16.3. The van der Waals surface area contributed by atoms with Gasteiger partial charge in [0.15, 0.2) is 0 Å². The topological polar surface area (TPSA) is 46.2 Å². The summed E-state index contributed by atoms with van der Waals surface area (Å²) in [6.45, 7) is 6.02. The molecule has 1 N–H and O–H groups in total. The molecule has 0 heterocycles. The zero-order valence-electron chi connectivity index (χ0n) is 12.9. The largest absolute Gasteiger partial charge is 0.279 e. The van der Waals surface area contributed by atoms with E-state index in [-0.39, 0.29) is 4.90 Å². The van der Waals surface area contributed by atoms with Crippen LogP contribution in [0.25, 0.3) is 0 Å². The lowest BCUT2D eigenvalue weighted by molar-refractivity contribution is 0.601. The van der Waals surface area contributed by atoms with E-state index in [4.69, 9.17) is 11.6 Å². The maximum Gasteiger partial charge on any atom is 0.261 e. The molecule has 2 aromatic rings. The van der Waals surface area contributed by atoms with Gasteiger partial charge in [0.05, 0.1) is 10.6 Å². The van der Waals surface area contributed by atoms with E-state index in [1.165, 1.54) is 0 Å². The average molecular weight is 338 g/mol. The van der Waals surface area contributed by atoms with Gasteiger partial charge in [-0.2, -0.15) is 0 Å². The van der Waals surface area contributed by atoms with Crippen molar-refractivity contribution in [3.05, 3.63) is 58.6 Å². The van der Waals surface area contributed by atoms with E-state index in [2.05, 4.69) is 18.6 Å². The number of hydrogen-bond donors (Lipinski definition) is 1. The molecule has 0 amide bonds. The van der Waals surface area contributed by atoms with Crippen molar-refractivity contribution in [3.8, 4) is 0 Å². The first-order valence-corrected chi connectivity index (χ1v) is 9.09. The fraction of sp³-hybridized carbons (Fsp3) is 0.294. The zero-order valence-corrected chi connectivity index (χ0v) is 14.5. The quantitative estimate of drug-likeness (QED) is 0.837. The Morgan fingerprint density at radius 2 is 1.77 bits per heavy atom. The molecule has 5 heteroatoms. The van der Waals surface area contributed by atoms with Gasteiger partial charge in [0, 0.05) is 5.02 Å². The van der Waals surface area contributed by atoms with Gasteiger partial charge in [-0.25, -0.2) is 8.42 Å². The van der Waals surface area contributed by atoms with Gasteiger partial charge >= 0.3 is 0 Å². The molecule has 0 aliphatic rings. The molecular weight excluding hydrogens is 318 g/mol. The van der Waals surface area contributed by atoms with Crippen LogP contribution in [0.3, 0.4) is 0 Å². The first-order valence-electron chi connectivity index (χ1n) is 7.23. The Hall–Kier alpha value is -1.52. The second kappa shape index (κ2) is 6.71. The van der Waals surface area contributed by atoms with Crippen LogP contribution in [0.15, 0.2) is 47.4 Å². The summed E-state index contributed by atoms with van der Waals surface area (Å²) in [5.41, 5.74) is 2.35. The Balaban J connectivity index is 2.29. The molecule has 0 saturated carbocycles. The smallest absolute Gasteiger partial charge is 0.261 e. The van der Waals surface area contributed by atoms with Gasteiger partial charge in [0.25, 0.3) is 10.0 Å². The summed E-state index contributed by atoms with van der Waals surface area (Å²) in [5, 5.41) is 0.535. The highest BCUT2D eigenvalue weighted by Gasteiger charge is 2.16. The third kappa shape index (κ3) is 3.62. The van der Waals surface area contributed by atoms with Gasteiger partial charge in [-0.05, 0) is 54.7 Å². The standard InChI is InChI=1S/C17H20ClNO2S/c1-4-12(2)14-8-10-15(11-9-14)22(20,21)19-17-7-5-6-16(18)13(17)3/h5-12,19H,4H2,1-3H3. The molecule has 0 radical (unpaired) electrons. The number of anilines is 1. The van der Waals surface area contributed by atoms with Crippen LogP contribution in [-0.4, -0.2) is 8.42 Å². The van der Waals surface area contributed by atoms with Crippen molar-refractivity contribution < 1.29 is 8.42 Å². The minimum Gasteiger partial charge on any atom is -0.279 e. The van der Waals surface area contributed by atoms with Gasteiger partial charge in [-0.3, -0.25) is 4.72 Å². The Morgan fingerprint density at radius 1 is 1.14 bits per heavy atom. The normalized spacial score (nSPS) is 12.9. The van der Waals surface area contributed by atoms with E-state index in [1.54, 1.807) is 37.3 Å². The molecule has 0 bridgehead atoms.